The molecule has 12 nitrogen and oxygen atoms in total. The molecule has 45 heavy (non-hydrogen) atoms. The molecule has 0 aromatic heterocycles. The minimum absolute atomic E-state index is 0.0169. The van der Waals surface area contributed by atoms with E-state index in [0.717, 1.165) is 0 Å². The number of esters is 4. The van der Waals surface area contributed by atoms with Crippen LogP contribution in [0.3, 0.4) is 0 Å². The molecule has 0 heterocycles. The highest BCUT2D eigenvalue weighted by atomic mass is 31.1. The maximum absolute atomic E-state index is 12.4. The van der Waals surface area contributed by atoms with E-state index in [1.165, 1.54) is 79.5 Å². The zero-order chi connectivity index (χ0) is 32.9. The van der Waals surface area contributed by atoms with E-state index in [1.54, 1.807) is 6.92 Å². The largest absolute Gasteiger partial charge is 0.750 e. The Hall–Kier alpha value is -5.02. The monoisotopic (exact) mass is 654 g/mol. The third-order valence-electron chi connectivity index (χ3n) is 5.63. The lowest BCUT2D eigenvalue weighted by atomic mass is 10.1. The highest BCUT2D eigenvalue weighted by Crippen LogP contribution is 2.31. The van der Waals surface area contributed by atoms with E-state index in [9.17, 15) is 28.3 Å². The van der Waals surface area contributed by atoms with Gasteiger partial charge in [0.05, 0.1) is 22.3 Å². The van der Waals surface area contributed by atoms with E-state index in [2.05, 4.69) is 13.2 Å². The van der Waals surface area contributed by atoms with Gasteiger partial charge in [0.15, 0.2) is 18.2 Å². The molecular weight excluding hydrogens is 626 g/mol. The summed E-state index contributed by atoms with van der Waals surface area (Å²) in [5.41, 5.74) is 1.43. The summed E-state index contributed by atoms with van der Waals surface area (Å²) in [6.07, 6.45) is 0. The molecule has 0 aliphatic heterocycles. The lowest BCUT2D eigenvalue weighted by molar-refractivity contribution is 0.0265. The van der Waals surface area contributed by atoms with Gasteiger partial charge in [0.2, 0.25) is 0 Å². The first-order chi connectivity index (χ1) is 21.5. The third-order valence-corrected chi connectivity index (χ3v) is 6.95. The van der Waals surface area contributed by atoms with E-state index < -0.39 is 40.2 Å². The van der Waals surface area contributed by atoms with Crippen molar-refractivity contribution in [2.24, 2.45) is 0 Å². The van der Waals surface area contributed by atoms with Crippen molar-refractivity contribution in [3.05, 3.63) is 119 Å². The first-order valence-corrected chi connectivity index (χ1v) is 15.9. The maximum atomic E-state index is 12.4. The van der Waals surface area contributed by atoms with Gasteiger partial charge in [-0.05, 0) is 73.2 Å². The van der Waals surface area contributed by atoms with Gasteiger partial charge in [0.1, 0.15) is 19.8 Å². The van der Waals surface area contributed by atoms with Gasteiger partial charge < -0.3 is 14.2 Å². The predicted octanol–water partition coefficient (Wildman–Crippen LogP) is 6.74. The molecule has 2 atom stereocenters. The molecule has 3 aromatic carbocycles. The topological polar surface area (TPSA) is 158 Å². The van der Waals surface area contributed by atoms with Gasteiger partial charge in [-0.1, -0.05) is 24.3 Å². The Bertz CT molecular complexity index is 1610. The molecule has 3 rings (SSSR count). The van der Waals surface area contributed by atoms with Gasteiger partial charge >= 0.3 is 40.2 Å². The summed E-state index contributed by atoms with van der Waals surface area (Å²) in [5.74, 6) is -2.93. The highest BCUT2D eigenvalue weighted by molar-refractivity contribution is 7.38. The van der Waals surface area contributed by atoms with Crippen molar-refractivity contribution in [2.75, 3.05) is 26.5 Å². The van der Waals surface area contributed by atoms with Gasteiger partial charge in [0, 0.05) is 15.7 Å². The zero-order valence-corrected chi connectivity index (χ0v) is 26.0. The lowest BCUT2D eigenvalue weighted by Gasteiger charge is -2.08. The summed E-state index contributed by atoms with van der Waals surface area (Å²) in [4.78, 5) is 49.4. The number of carbonyl (C=O) groups excluding carboxylic acids is 4. The second-order valence-electron chi connectivity index (χ2n) is 8.79. The molecule has 0 amide bonds. The SMILES string of the molecule is C=C(O[P+](C)=O)c1ccc(C(=O)OC(=O)c2ccc(C(=O)OCCOC(=O)c3ccc(C(=C)O[P+](=O)OCC)cc3)cc2)cc1. The van der Waals surface area contributed by atoms with Gasteiger partial charge in [-0.2, -0.15) is 0 Å². The Balaban J connectivity index is 1.43. The van der Waals surface area contributed by atoms with Crippen LogP contribution in [0.2, 0.25) is 0 Å². The minimum atomic E-state index is -2.34. The van der Waals surface area contributed by atoms with Crippen molar-refractivity contribution in [3.8, 4) is 0 Å². The van der Waals surface area contributed by atoms with Crippen LogP contribution >= 0.6 is 16.3 Å². The molecule has 0 spiro atoms. The average molecular weight is 655 g/mol. The van der Waals surface area contributed by atoms with Crippen LogP contribution < -0.4 is 0 Å². The second-order valence-corrected chi connectivity index (χ2v) is 10.7. The van der Waals surface area contributed by atoms with E-state index >= 15 is 0 Å². The van der Waals surface area contributed by atoms with Crippen LogP contribution in [-0.2, 0) is 36.9 Å². The molecule has 232 valence electrons. The molecule has 0 aliphatic carbocycles. The van der Waals surface area contributed by atoms with Gasteiger partial charge in [-0.15, -0.1) is 4.52 Å². The highest BCUT2D eigenvalue weighted by Gasteiger charge is 2.23. The first kappa shape index (κ1) is 34.5. The summed E-state index contributed by atoms with van der Waals surface area (Å²) in [7, 11) is -4.24. The fourth-order valence-corrected chi connectivity index (χ4v) is 4.41. The smallest absolute Gasteiger partial charge is 0.458 e. The van der Waals surface area contributed by atoms with Crippen LogP contribution in [-0.4, -0.2) is 50.4 Å². The predicted molar refractivity (Wildman–Crippen MR) is 163 cm³/mol. The van der Waals surface area contributed by atoms with E-state index in [1.807, 2.05) is 0 Å². The van der Waals surface area contributed by atoms with Crippen LogP contribution in [0.5, 0.6) is 0 Å². The number of carbonyl (C=O) groups is 4. The third kappa shape index (κ3) is 10.6. The summed E-state index contributed by atoms with van der Waals surface area (Å²) in [6.45, 7) is 10.2. The Morgan fingerprint density at radius 3 is 1.27 bits per heavy atom. The van der Waals surface area contributed by atoms with Crippen LogP contribution in [0.1, 0.15) is 59.5 Å². The molecule has 0 N–H and O–H groups in total. The Morgan fingerprint density at radius 2 is 0.911 bits per heavy atom. The normalized spacial score (nSPS) is 11.0. The lowest BCUT2D eigenvalue weighted by Crippen LogP contribution is -2.15. The van der Waals surface area contributed by atoms with Crippen molar-refractivity contribution < 1.29 is 56.1 Å². The van der Waals surface area contributed by atoms with Crippen molar-refractivity contribution >= 4 is 51.7 Å². The quantitative estimate of drug-likeness (QED) is 0.0425. The van der Waals surface area contributed by atoms with Crippen molar-refractivity contribution in [2.45, 2.75) is 6.92 Å². The Kier molecular flexibility index (Phi) is 12.8. The number of hydrogen-bond acceptors (Lipinski definition) is 12. The zero-order valence-electron chi connectivity index (χ0n) is 24.3. The molecular formula is C31H28O12P2+2. The summed E-state index contributed by atoms with van der Waals surface area (Å²) in [6, 6.07) is 17.0. The van der Waals surface area contributed by atoms with Crippen LogP contribution in [0.15, 0.2) is 86.0 Å². The fourth-order valence-electron chi connectivity index (χ4n) is 3.45. The number of benzene rings is 3. The fraction of sp³-hybridized carbons (Fsp3) is 0.161. The van der Waals surface area contributed by atoms with Gasteiger partial charge in [-0.3, -0.25) is 4.52 Å². The maximum Gasteiger partial charge on any atom is 0.750 e. The molecule has 0 radical (unpaired) electrons. The van der Waals surface area contributed by atoms with Gasteiger partial charge in [-0.25, -0.2) is 23.7 Å². The van der Waals surface area contributed by atoms with E-state index in [0.29, 0.717) is 11.1 Å². The molecule has 14 heteroatoms. The van der Waals surface area contributed by atoms with E-state index in [-0.39, 0.29) is 53.6 Å². The molecule has 0 saturated carbocycles. The number of ether oxygens (including phenoxy) is 3. The molecule has 0 bridgehead atoms. The van der Waals surface area contributed by atoms with Crippen LogP contribution in [0.25, 0.3) is 11.5 Å². The molecule has 2 unspecified atom stereocenters. The molecule has 0 fully saturated rings. The Labute approximate surface area is 260 Å². The molecule has 0 saturated heterocycles. The standard InChI is InChI=1S/C31H28O12P2/c1-5-40-45(37)43-21(3)23-6-10-24(11-7-23)28(32)38-18-19-39-29(33)25-14-16-27(17-15-25)31(35)41-30(34)26-12-8-22(9-13-26)20(2)42-44(4)36/h6-17H,2-3,5,18-19H2,1,4H3/q+2. The van der Waals surface area contributed by atoms with Crippen molar-refractivity contribution in [3.63, 3.8) is 0 Å². The Morgan fingerprint density at radius 1 is 0.578 bits per heavy atom. The minimum Gasteiger partial charge on any atom is -0.458 e. The first-order valence-electron chi connectivity index (χ1n) is 13.1. The molecule has 0 aliphatic rings. The summed E-state index contributed by atoms with van der Waals surface area (Å²) < 4.78 is 52.8. The van der Waals surface area contributed by atoms with Crippen molar-refractivity contribution in [1.29, 1.82) is 0 Å². The van der Waals surface area contributed by atoms with Crippen LogP contribution in [0.4, 0.5) is 0 Å². The van der Waals surface area contributed by atoms with Gasteiger partial charge in [0.25, 0.3) is 0 Å². The number of rotatable bonds is 15. The summed E-state index contributed by atoms with van der Waals surface area (Å²) >= 11 is 0. The van der Waals surface area contributed by atoms with Crippen LogP contribution in [0, 0.1) is 0 Å². The summed E-state index contributed by atoms with van der Waals surface area (Å²) in [5, 5.41) is 0. The van der Waals surface area contributed by atoms with E-state index in [4.69, 9.17) is 27.8 Å². The molecule has 3 aromatic rings. The number of hydrogen-bond donors (Lipinski definition) is 0. The van der Waals surface area contributed by atoms with Crippen molar-refractivity contribution in [1.82, 2.24) is 0 Å². The average Bonchev–Trinajstić information content (AvgIpc) is 3.02. The second kappa shape index (κ2) is 16.7.